The molecule has 0 fully saturated rings. The topological polar surface area (TPSA) is 130 Å². The van der Waals surface area contributed by atoms with Crippen molar-refractivity contribution in [2.45, 2.75) is 16.2 Å². The summed E-state index contributed by atoms with van der Waals surface area (Å²) in [6, 6.07) is 8.86. The molecule has 0 bridgehead atoms. The number of esters is 1. The number of carbonyl (C=O) groups excluding carboxylic acids is 2. The molecule has 1 aromatic heterocycles. The molecule has 0 unspecified atom stereocenters. The molecular formula is C20H15N3O7S2. The second-order valence-electron chi connectivity index (χ2n) is 6.49. The van der Waals surface area contributed by atoms with E-state index in [0.717, 1.165) is 23.5 Å². The molecule has 12 heteroatoms. The molecule has 1 aliphatic heterocycles. The second-order valence-corrected chi connectivity index (χ2v) is 8.64. The minimum absolute atomic E-state index is 0.0350. The van der Waals surface area contributed by atoms with Crippen molar-refractivity contribution in [1.29, 1.82) is 0 Å². The Morgan fingerprint density at radius 3 is 2.81 bits per heavy atom. The summed E-state index contributed by atoms with van der Waals surface area (Å²) in [5.74, 6) is -0.353. The Bertz CT molecular complexity index is 1210. The Kier molecular flexibility index (Phi) is 6.23. The van der Waals surface area contributed by atoms with Crippen molar-refractivity contribution < 1.29 is 28.7 Å². The normalized spacial score (nSPS) is 11.8. The van der Waals surface area contributed by atoms with Crippen LogP contribution in [-0.2, 0) is 9.53 Å². The smallest absolute Gasteiger partial charge is 0.338 e. The molecule has 10 nitrogen and oxygen atoms in total. The van der Waals surface area contributed by atoms with Crippen molar-refractivity contribution in [3.63, 3.8) is 0 Å². The lowest BCUT2D eigenvalue weighted by Gasteiger charge is -2.08. The van der Waals surface area contributed by atoms with Gasteiger partial charge in [-0.3, -0.25) is 14.9 Å². The zero-order chi connectivity index (χ0) is 22.7. The molecule has 2 heterocycles. The van der Waals surface area contributed by atoms with E-state index in [9.17, 15) is 19.7 Å². The van der Waals surface area contributed by atoms with Gasteiger partial charge in [-0.25, -0.2) is 9.78 Å². The van der Waals surface area contributed by atoms with Gasteiger partial charge in [0.15, 0.2) is 22.4 Å². The fourth-order valence-corrected chi connectivity index (χ4v) is 4.61. The third-order valence-corrected chi connectivity index (χ3v) is 6.30. The number of nitro groups is 1. The molecule has 0 saturated heterocycles. The Balaban J connectivity index is 1.38. The van der Waals surface area contributed by atoms with Crippen molar-refractivity contribution in [2.24, 2.45) is 0 Å². The largest absolute Gasteiger partial charge is 0.454 e. The van der Waals surface area contributed by atoms with Crippen LogP contribution in [0.15, 0.2) is 51.0 Å². The van der Waals surface area contributed by atoms with Crippen molar-refractivity contribution in [3.05, 3.63) is 63.1 Å². The van der Waals surface area contributed by atoms with Gasteiger partial charge in [-0.15, -0.1) is 11.3 Å². The zero-order valence-electron chi connectivity index (χ0n) is 16.5. The first kappa shape index (κ1) is 21.6. The molecule has 0 saturated carbocycles. The zero-order valence-corrected chi connectivity index (χ0v) is 18.2. The maximum Gasteiger partial charge on any atom is 0.338 e. The summed E-state index contributed by atoms with van der Waals surface area (Å²) in [5, 5.41) is 15.9. The van der Waals surface area contributed by atoms with Crippen molar-refractivity contribution >= 4 is 46.3 Å². The lowest BCUT2D eigenvalue weighted by atomic mass is 10.2. The molecule has 0 spiro atoms. The molecule has 32 heavy (non-hydrogen) atoms. The SMILES string of the molecule is Cc1csc(Sc2ccc(C(=O)OCC(=O)Nc3ccc4c(c3)OCO4)cc2[N+](=O)[O-])n1. The van der Waals surface area contributed by atoms with E-state index >= 15 is 0 Å². The van der Waals surface area contributed by atoms with Gasteiger partial charge < -0.3 is 19.5 Å². The second kappa shape index (κ2) is 9.24. The maximum absolute atomic E-state index is 12.3. The van der Waals surface area contributed by atoms with Crippen LogP contribution in [0.3, 0.4) is 0 Å². The molecule has 1 N–H and O–H groups in total. The quantitative estimate of drug-likeness (QED) is 0.307. The minimum atomic E-state index is -0.851. The summed E-state index contributed by atoms with van der Waals surface area (Å²) in [4.78, 5) is 40.0. The molecule has 164 valence electrons. The number of amides is 1. The maximum atomic E-state index is 12.3. The average Bonchev–Trinajstić information content (AvgIpc) is 3.40. The summed E-state index contributed by atoms with van der Waals surface area (Å²) in [5.41, 5.74) is 0.985. The number of nitrogens with one attached hydrogen (secondary N) is 1. The number of nitro benzene ring substituents is 1. The number of benzene rings is 2. The molecule has 4 rings (SSSR count). The van der Waals surface area contributed by atoms with E-state index in [1.165, 1.54) is 23.5 Å². The van der Waals surface area contributed by atoms with Crippen molar-refractivity contribution in [1.82, 2.24) is 4.98 Å². The summed E-state index contributed by atoms with van der Waals surface area (Å²) >= 11 is 2.51. The number of ether oxygens (including phenoxy) is 3. The number of nitrogens with zero attached hydrogens (tertiary/aromatic N) is 2. The van der Waals surface area contributed by atoms with E-state index in [2.05, 4.69) is 10.3 Å². The van der Waals surface area contributed by atoms with Crippen LogP contribution in [0.25, 0.3) is 0 Å². The highest BCUT2D eigenvalue weighted by Crippen LogP contribution is 2.37. The van der Waals surface area contributed by atoms with E-state index in [1.54, 1.807) is 18.2 Å². The Morgan fingerprint density at radius 1 is 1.25 bits per heavy atom. The predicted octanol–water partition coefficient (Wildman–Crippen LogP) is 4.04. The fraction of sp³-hybridized carbons (Fsp3) is 0.150. The van der Waals surface area contributed by atoms with Crippen LogP contribution in [0.4, 0.5) is 11.4 Å². The molecule has 1 amide bonds. The number of anilines is 1. The van der Waals surface area contributed by atoms with Crippen LogP contribution in [-0.4, -0.2) is 35.2 Å². The minimum Gasteiger partial charge on any atom is -0.454 e. The van der Waals surface area contributed by atoms with Crippen molar-refractivity contribution in [2.75, 3.05) is 18.7 Å². The van der Waals surface area contributed by atoms with Crippen LogP contribution in [0.1, 0.15) is 16.1 Å². The number of fused-ring (bicyclic) bond motifs is 1. The molecule has 0 radical (unpaired) electrons. The van der Waals surface area contributed by atoms with Crippen molar-refractivity contribution in [3.8, 4) is 11.5 Å². The summed E-state index contributed by atoms with van der Waals surface area (Å²) in [6.07, 6.45) is 0. The van der Waals surface area contributed by atoms with Gasteiger partial charge >= 0.3 is 5.97 Å². The van der Waals surface area contributed by atoms with Crippen LogP contribution in [0, 0.1) is 17.0 Å². The van der Waals surface area contributed by atoms with E-state index < -0.39 is 23.4 Å². The fourth-order valence-electron chi connectivity index (χ4n) is 2.73. The summed E-state index contributed by atoms with van der Waals surface area (Å²) in [7, 11) is 0. The number of rotatable bonds is 7. The number of aromatic nitrogens is 1. The van der Waals surface area contributed by atoms with E-state index in [-0.39, 0.29) is 18.0 Å². The lowest BCUT2D eigenvalue weighted by molar-refractivity contribution is -0.387. The van der Waals surface area contributed by atoms with Gasteiger partial charge in [0, 0.05) is 28.9 Å². The molecular weight excluding hydrogens is 458 g/mol. The number of carbonyl (C=O) groups is 2. The monoisotopic (exact) mass is 473 g/mol. The first-order valence-electron chi connectivity index (χ1n) is 9.14. The highest BCUT2D eigenvalue weighted by Gasteiger charge is 2.21. The number of thiazole rings is 1. The standard InChI is InChI=1S/C20H15N3O7S2/c1-11-9-31-20(21-11)32-17-5-2-12(6-14(17)23(26)27)19(25)28-8-18(24)22-13-3-4-15-16(7-13)30-10-29-15/h2-7,9H,8,10H2,1H3,(H,22,24). The molecule has 0 aliphatic carbocycles. The van der Waals surface area contributed by atoms with Gasteiger partial charge in [0.1, 0.15) is 0 Å². The molecule has 3 aromatic rings. The van der Waals surface area contributed by atoms with E-state index in [0.29, 0.717) is 26.4 Å². The number of hydrogen-bond acceptors (Lipinski definition) is 10. The van der Waals surface area contributed by atoms with Crippen LogP contribution in [0.2, 0.25) is 0 Å². The summed E-state index contributed by atoms with van der Waals surface area (Å²) in [6.45, 7) is 1.38. The third-order valence-electron chi connectivity index (χ3n) is 4.18. The predicted molar refractivity (Wildman–Crippen MR) is 116 cm³/mol. The van der Waals surface area contributed by atoms with Crippen LogP contribution in [0.5, 0.6) is 11.5 Å². The molecule has 0 atom stereocenters. The Morgan fingerprint density at radius 2 is 2.06 bits per heavy atom. The van der Waals surface area contributed by atoms with Crippen LogP contribution < -0.4 is 14.8 Å². The average molecular weight is 473 g/mol. The first-order valence-corrected chi connectivity index (χ1v) is 10.8. The first-order chi connectivity index (χ1) is 15.4. The molecule has 1 aliphatic rings. The Labute approximate surface area is 189 Å². The highest BCUT2D eigenvalue weighted by molar-refractivity contribution is 8.01. The van der Waals surface area contributed by atoms with E-state index in [1.807, 2.05) is 12.3 Å². The molecule has 2 aromatic carbocycles. The van der Waals surface area contributed by atoms with Gasteiger partial charge in [0.2, 0.25) is 6.79 Å². The van der Waals surface area contributed by atoms with E-state index in [4.69, 9.17) is 14.2 Å². The third kappa shape index (κ3) is 4.98. The van der Waals surface area contributed by atoms with Gasteiger partial charge in [-0.2, -0.15) is 0 Å². The Hall–Kier alpha value is -3.64. The summed E-state index contributed by atoms with van der Waals surface area (Å²) < 4.78 is 16.1. The van der Waals surface area contributed by atoms with Gasteiger partial charge in [-0.05, 0) is 31.2 Å². The highest BCUT2D eigenvalue weighted by atomic mass is 32.2. The van der Waals surface area contributed by atoms with Gasteiger partial charge in [0.05, 0.1) is 15.4 Å². The number of hydrogen-bond donors (Lipinski definition) is 1. The number of aryl methyl sites for hydroxylation is 1. The van der Waals surface area contributed by atoms with Crippen LogP contribution >= 0.6 is 23.1 Å². The van der Waals surface area contributed by atoms with Gasteiger partial charge in [0.25, 0.3) is 11.6 Å². The van der Waals surface area contributed by atoms with Gasteiger partial charge in [-0.1, -0.05) is 11.8 Å². The lowest BCUT2D eigenvalue weighted by Crippen LogP contribution is -2.21.